The Hall–Kier alpha value is -8.01. The molecule has 0 radical (unpaired) electrons. The van der Waals surface area contributed by atoms with Crippen molar-refractivity contribution < 1.29 is 0 Å². The van der Waals surface area contributed by atoms with Gasteiger partial charge in [0.25, 0.3) is 0 Å². The van der Waals surface area contributed by atoms with Crippen molar-refractivity contribution in [3.05, 3.63) is 248 Å². The van der Waals surface area contributed by atoms with Gasteiger partial charge in [-0.3, -0.25) is 15.0 Å². The summed E-state index contributed by atoms with van der Waals surface area (Å²) in [5.41, 5.74) is 20.3. The summed E-state index contributed by atoms with van der Waals surface area (Å²) in [6.07, 6.45) is 13.3. The third-order valence-electron chi connectivity index (χ3n) is 12.1. The van der Waals surface area contributed by atoms with E-state index in [1.54, 1.807) is 0 Å². The number of aromatic nitrogens is 3. The summed E-state index contributed by atoms with van der Waals surface area (Å²) in [5, 5.41) is 0. The van der Waals surface area contributed by atoms with Crippen molar-refractivity contribution in [1.29, 1.82) is 0 Å². The van der Waals surface area contributed by atoms with E-state index in [0.717, 1.165) is 107 Å². The first kappa shape index (κ1) is 43.3. The molecule has 0 N–H and O–H groups in total. The third-order valence-corrected chi connectivity index (χ3v) is 12.1. The molecule has 3 aromatic heterocycles. The fraction of sp³-hybridized carbons (Fsp3) is 0.0952. The van der Waals surface area contributed by atoms with Gasteiger partial charge in [0.15, 0.2) is 0 Å². The summed E-state index contributed by atoms with van der Waals surface area (Å²) in [7, 11) is 0. The van der Waals surface area contributed by atoms with Gasteiger partial charge in [0, 0.05) is 52.0 Å². The monoisotopic (exact) mass is 851 g/mol. The van der Waals surface area contributed by atoms with Gasteiger partial charge in [-0.1, -0.05) is 204 Å². The van der Waals surface area contributed by atoms with Crippen molar-refractivity contribution in [3.63, 3.8) is 0 Å². The van der Waals surface area contributed by atoms with E-state index < -0.39 is 0 Å². The molecule has 0 unspecified atom stereocenters. The Bertz CT molecular complexity index is 3150. The van der Waals surface area contributed by atoms with Crippen LogP contribution in [0.3, 0.4) is 0 Å². The minimum absolute atomic E-state index is 0.0888. The van der Waals surface area contributed by atoms with E-state index in [2.05, 4.69) is 198 Å². The molecule has 9 aromatic rings. The molecule has 0 aliphatic rings. The molecule has 0 aliphatic heterocycles. The van der Waals surface area contributed by atoms with Crippen molar-refractivity contribution in [1.82, 2.24) is 15.0 Å². The van der Waals surface area contributed by atoms with Crippen molar-refractivity contribution in [2.75, 3.05) is 0 Å². The van der Waals surface area contributed by atoms with Gasteiger partial charge < -0.3 is 0 Å². The van der Waals surface area contributed by atoms with E-state index in [1.807, 2.05) is 61.1 Å². The molecular formula is C63H53N3. The first-order chi connectivity index (χ1) is 32.3. The van der Waals surface area contributed by atoms with Gasteiger partial charge in [-0.15, -0.1) is 0 Å². The van der Waals surface area contributed by atoms with E-state index in [4.69, 9.17) is 15.0 Å². The highest BCUT2D eigenvalue weighted by molar-refractivity contribution is 6.02. The van der Waals surface area contributed by atoms with Gasteiger partial charge in [-0.05, 0) is 104 Å². The van der Waals surface area contributed by atoms with E-state index in [-0.39, 0.29) is 5.41 Å². The first-order valence-electron chi connectivity index (χ1n) is 22.8. The number of nitrogens with zero attached hydrogens (tertiary/aromatic N) is 3. The van der Waals surface area contributed by atoms with E-state index in [9.17, 15) is 0 Å². The summed E-state index contributed by atoms with van der Waals surface area (Å²) < 4.78 is 0. The number of benzene rings is 6. The Labute approximate surface area is 390 Å². The van der Waals surface area contributed by atoms with Crippen molar-refractivity contribution in [3.8, 4) is 78.3 Å². The van der Waals surface area contributed by atoms with Crippen molar-refractivity contribution in [2.45, 2.75) is 39.5 Å². The zero-order valence-corrected chi connectivity index (χ0v) is 38.1. The lowest BCUT2D eigenvalue weighted by Gasteiger charge is -2.19. The van der Waals surface area contributed by atoms with Gasteiger partial charge in [-0.25, -0.2) is 0 Å². The highest BCUT2D eigenvalue weighted by Crippen LogP contribution is 2.41. The molecular weight excluding hydrogens is 799 g/mol. The third kappa shape index (κ3) is 9.43. The van der Waals surface area contributed by atoms with Crippen LogP contribution < -0.4 is 0 Å². The van der Waals surface area contributed by atoms with E-state index >= 15 is 0 Å². The summed E-state index contributed by atoms with van der Waals surface area (Å²) in [6, 6.07) is 66.5. The lowest BCUT2D eigenvalue weighted by Crippen LogP contribution is -2.10. The number of allylic oxidation sites excluding steroid dienone is 5. The molecule has 3 heterocycles. The standard InChI is InChI=1S/C63H53N3/c1-6-8-23-55(47-30-35-60(64-41-47)44-19-11-9-12-20-44)54(7-2)50-38-51(58-26-17-15-24-56(58)48-31-36-61(65-42-48)45-21-13-10-14-22-45)40-52(39-50)59-27-18-16-25-57(59)49-32-37-62(66-43-49)46-28-33-53(34-29-46)63(3,4)5/h7-43H,2,6H2,1,3-5H3/b23-8-,55-54-. The second kappa shape index (κ2) is 19.4. The molecule has 0 amide bonds. The Morgan fingerprint density at radius 2 is 0.848 bits per heavy atom. The smallest absolute Gasteiger partial charge is 0.0702 e. The van der Waals surface area contributed by atoms with Crippen molar-refractivity contribution in [2.24, 2.45) is 0 Å². The molecule has 0 spiro atoms. The molecule has 9 rings (SSSR count). The average Bonchev–Trinajstić information content (AvgIpc) is 3.38. The predicted molar refractivity (Wildman–Crippen MR) is 279 cm³/mol. The Balaban J connectivity index is 1.19. The number of hydrogen-bond acceptors (Lipinski definition) is 3. The first-order valence-corrected chi connectivity index (χ1v) is 22.8. The Morgan fingerprint density at radius 1 is 0.424 bits per heavy atom. The quantitative estimate of drug-likeness (QED) is 0.115. The molecule has 3 heteroatoms. The van der Waals surface area contributed by atoms with Gasteiger partial charge in [0.1, 0.15) is 0 Å². The molecule has 0 bridgehead atoms. The van der Waals surface area contributed by atoms with Crippen LogP contribution in [0.25, 0.3) is 89.4 Å². The number of pyridine rings is 3. The maximum atomic E-state index is 5.02. The molecule has 0 saturated carbocycles. The molecule has 0 fully saturated rings. The van der Waals surface area contributed by atoms with Crippen LogP contribution in [0.15, 0.2) is 231 Å². The highest BCUT2D eigenvalue weighted by atomic mass is 14.7. The minimum atomic E-state index is 0.0888. The van der Waals surface area contributed by atoms with Gasteiger partial charge in [0.05, 0.1) is 17.1 Å². The maximum absolute atomic E-state index is 5.02. The fourth-order valence-electron chi connectivity index (χ4n) is 8.56. The molecule has 0 aliphatic carbocycles. The minimum Gasteiger partial charge on any atom is -0.256 e. The van der Waals surface area contributed by atoms with Crippen LogP contribution in [0, 0.1) is 0 Å². The summed E-state index contributed by atoms with van der Waals surface area (Å²) in [5.74, 6) is 0. The Morgan fingerprint density at radius 3 is 1.26 bits per heavy atom. The second-order valence-electron chi connectivity index (χ2n) is 17.6. The summed E-state index contributed by atoms with van der Waals surface area (Å²) in [6.45, 7) is 13.3. The lowest BCUT2D eigenvalue weighted by molar-refractivity contribution is 0.590. The summed E-state index contributed by atoms with van der Waals surface area (Å²) >= 11 is 0. The van der Waals surface area contributed by atoms with Gasteiger partial charge in [-0.2, -0.15) is 0 Å². The van der Waals surface area contributed by atoms with Crippen LogP contribution in [0.4, 0.5) is 0 Å². The highest BCUT2D eigenvalue weighted by Gasteiger charge is 2.18. The molecule has 6 aromatic carbocycles. The zero-order chi connectivity index (χ0) is 45.5. The lowest BCUT2D eigenvalue weighted by atomic mass is 9.86. The average molecular weight is 852 g/mol. The number of hydrogen-bond donors (Lipinski definition) is 0. The molecule has 0 atom stereocenters. The maximum Gasteiger partial charge on any atom is 0.0702 e. The van der Waals surface area contributed by atoms with Crippen LogP contribution in [0.1, 0.15) is 50.8 Å². The van der Waals surface area contributed by atoms with Crippen LogP contribution in [0.5, 0.6) is 0 Å². The molecule has 3 nitrogen and oxygen atoms in total. The van der Waals surface area contributed by atoms with Crippen LogP contribution in [-0.4, -0.2) is 15.0 Å². The zero-order valence-electron chi connectivity index (χ0n) is 38.1. The predicted octanol–water partition coefficient (Wildman–Crippen LogP) is 16.9. The van der Waals surface area contributed by atoms with Crippen LogP contribution >= 0.6 is 0 Å². The second-order valence-corrected chi connectivity index (χ2v) is 17.6. The van der Waals surface area contributed by atoms with Crippen LogP contribution in [0.2, 0.25) is 0 Å². The Kier molecular flexibility index (Phi) is 12.7. The number of rotatable bonds is 12. The van der Waals surface area contributed by atoms with E-state index in [0.29, 0.717) is 0 Å². The normalized spacial score (nSPS) is 11.9. The molecule has 0 saturated heterocycles. The largest absolute Gasteiger partial charge is 0.256 e. The SMILES string of the molecule is C=C/C(=C(\C=C/CC)c1ccc(-c2ccccc2)nc1)c1cc(-c2ccccc2-c2ccc(-c3ccccc3)nc2)cc(-c2ccccc2-c2ccc(-c3ccc(C(C)(C)C)cc3)nc2)c1. The molecule has 66 heavy (non-hydrogen) atoms. The van der Waals surface area contributed by atoms with Gasteiger partial charge in [0.2, 0.25) is 0 Å². The molecule has 320 valence electrons. The van der Waals surface area contributed by atoms with Gasteiger partial charge >= 0.3 is 0 Å². The van der Waals surface area contributed by atoms with E-state index in [1.165, 1.54) is 5.56 Å². The summed E-state index contributed by atoms with van der Waals surface area (Å²) in [4.78, 5) is 14.9. The fourth-order valence-corrected chi connectivity index (χ4v) is 8.56. The topological polar surface area (TPSA) is 38.7 Å². The van der Waals surface area contributed by atoms with Crippen molar-refractivity contribution >= 4 is 11.1 Å². The van der Waals surface area contributed by atoms with Crippen LogP contribution in [-0.2, 0) is 5.41 Å².